The molecule has 0 aliphatic rings. The summed E-state index contributed by atoms with van der Waals surface area (Å²) in [4.78, 5) is 13.0. The molecule has 5 nitrogen and oxygen atoms in total. The molecule has 1 aromatic carbocycles. The first-order valence-electron chi connectivity index (χ1n) is 5.50. The maximum absolute atomic E-state index is 11.6. The summed E-state index contributed by atoms with van der Waals surface area (Å²) in [6.45, 7) is 0.617. The Morgan fingerprint density at radius 2 is 2.28 bits per heavy atom. The lowest BCUT2D eigenvalue weighted by atomic mass is 10.2. The first-order chi connectivity index (χ1) is 8.58. The van der Waals surface area contributed by atoms with Gasteiger partial charge in [-0.1, -0.05) is 17.7 Å². The van der Waals surface area contributed by atoms with Crippen LogP contribution in [0.15, 0.2) is 18.2 Å². The van der Waals surface area contributed by atoms with E-state index in [9.17, 15) is 4.79 Å². The number of methoxy groups -OCH3 is 1. The molecule has 0 radical (unpaired) electrons. The van der Waals surface area contributed by atoms with Crippen LogP contribution in [0.1, 0.15) is 5.56 Å². The van der Waals surface area contributed by atoms with Crippen LogP contribution in [0.5, 0.6) is 5.75 Å². The van der Waals surface area contributed by atoms with Gasteiger partial charge in [-0.05, 0) is 17.7 Å². The van der Waals surface area contributed by atoms with Crippen LogP contribution in [-0.4, -0.2) is 43.3 Å². The minimum atomic E-state index is -0.240. The molecule has 0 saturated heterocycles. The number of amides is 2. The average molecular weight is 273 g/mol. The minimum absolute atomic E-state index is 0.0573. The molecule has 1 rings (SSSR count). The number of urea groups is 1. The fourth-order valence-corrected chi connectivity index (χ4v) is 1.66. The number of aliphatic hydroxyl groups excluding tert-OH is 1. The molecule has 1 aromatic rings. The number of likely N-dealkylation sites (N-methyl/N-ethyl adjacent to an activating group) is 1. The van der Waals surface area contributed by atoms with Crippen LogP contribution >= 0.6 is 11.6 Å². The van der Waals surface area contributed by atoms with Gasteiger partial charge in [0.1, 0.15) is 5.75 Å². The molecule has 0 aliphatic heterocycles. The molecule has 6 heteroatoms. The SMILES string of the molecule is COc1ccc(CNC(=O)N(C)CCO)cc1Cl. The Morgan fingerprint density at radius 3 is 2.83 bits per heavy atom. The lowest BCUT2D eigenvalue weighted by Gasteiger charge is -2.16. The van der Waals surface area contributed by atoms with E-state index in [1.807, 2.05) is 6.07 Å². The summed E-state index contributed by atoms with van der Waals surface area (Å²) >= 11 is 5.98. The zero-order valence-electron chi connectivity index (χ0n) is 10.4. The second-order valence-corrected chi connectivity index (χ2v) is 4.18. The van der Waals surface area contributed by atoms with E-state index in [1.54, 1.807) is 26.3 Å². The van der Waals surface area contributed by atoms with E-state index in [2.05, 4.69) is 5.32 Å². The van der Waals surface area contributed by atoms with E-state index in [1.165, 1.54) is 4.90 Å². The largest absolute Gasteiger partial charge is 0.495 e. The second-order valence-electron chi connectivity index (χ2n) is 3.77. The van der Waals surface area contributed by atoms with Crippen LogP contribution in [-0.2, 0) is 6.54 Å². The lowest BCUT2D eigenvalue weighted by molar-refractivity contribution is 0.190. The van der Waals surface area contributed by atoms with Gasteiger partial charge >= 0.3 is 6.03 Å². The van der Waals surface area contributed by atoms with Crippen molar-refractivity contribution in [2.75, 3.05) is 27.3 Å². The van der Waals surface area contributed by atoms with Crippen molar-refractivity contribution >= 4 is 17.6 Å². The molecule has 0 aromatic heterocycles. The van der Waals surface area contributed by atoms with E-state index in [0.717, 1.165) is 5.56 Å². The average Bonchev–Trinajstić information content (AvgIpc) is 2.36. The van der Waals surface area contributed by atoms with Crippen LogP contribution in [0, 0.1) is 0 Å². The van der Waals surface area contributed by atoms with Gasteiger partial charge < -0.3 is 20.1 Å². The Labute approximate surface area is 111 Å². The zero-order valence-corrected chi connectivity index (χ0v) is 11.2. The summed E-state index contributed by atoms with van der Waals surface area (Å²) in [6, 6.07) is 5.08. The van der Waals surface area contributed by atoms with Crippen LogP contribution in [0.3, 0.4) is 0 Å². The van der Waals surface area contributed by atoms with E-state index < -0.39 is 0 Å². The molecule has 0 unspecified atom stereocenters. The Morgan fingerprint density at radius 1 is 1.56 bits per heavy atom. The van der Waals surface area contributed by atoms with E-state index in [4.69, 9.17) is 21.4 Å². The van der Waals surface area contributed by atoms with Gasteiger partial charge in [0.05, 0.1) is 18.7 Å². The third-order valence-electron chi connectivity index (χ3n) is 2.44. The number of nitrogens with one attached hydrogen (secondary N) is 1. The molecule has 0 atom stereocenters. The number of carbonyl (C=O) groups excluding carboxylic acids is 1. The van der Waals surface area contributed by atoms with Crippen molar-refractivity contribution in [3.63, 3.8) is 0 Å². The molecule has 0 heterocycles. The smallest absolute Gasteiger partial charge is 0.317 e. The van der Waals surface area contributed by atoms with Gasteiger partial charge in [-0.15, -0.1) is 0 Å². The minimum Gasteiger partial charge on any atom is -0.495 e. The third kappa shape index (κ3) is 4.09. The van der Waals surface area contributed by atoms with Crippen molar-refractivity contribution in [1.29, 1.82) is 0 Å². The predicted octanol–water partition coefficient (Wildman–Crippen LogP) is 1.48. The van der Waals surface area contributed by atoms with Crippen LogP contribution in [0.2, 0.25) is 5.02 Å². The molecular weight excluding hydrogens is 256 g/mol. The van der Waals surface area contributed by atoms with Gasteiger partial charge in [0.15, 0.2) is 0 Å². The van der Waals surface area contributed by atoms with Gasteiger partial charge in [-0.25, -0.2) is 4.79 Å². The molecule has 2 amide bonds. The van der Waals surface area contributed by atoms with Crippen LogP contribution in [0.25, 0.3) is 0 Å². The van der Waals surface area contributed by atoms with Crippen molar-refractivity contribution in [3.05, 3.63) is 28.8 Å². The number of ether oxygens (including phenoxy) is 1. The summed E-state index contributed by atoms with van der Waals surface area (Å²) in [6.07, 6.45) is 0. The van der Waals surface area contributed by atoms with Crippen LogP contribution < -0.4 is 10.1 Å². The maximum Gasteiger partial charge on any atom is 0.317 e. The number of nitrogens with zero attached hydrogens (tertiary/aromatic N) is 1. The Kier molecular flexibility index (Phi) is 5.74. The van der Waals surface area contributed by atoms with Gasteiger partial charge in [0.2, 0.25) is 0 Å². The fraction of sp³-hybridized carbons (Fsp3) is 0.417. The highest BCUT2D eigenvalue weighted by Gasteiger charge is 2.07. The van der Waals surface area contributed by atoms with Crippen molar-refractivity contribution < 1.29 is 14.6 Å². The number of aliphatic hydroxyl groups is 1. The highest BCUT2D eigenvalue weighted by atomic mass is 35.5. The Bertz CT molecular complexity index is 412. The monoisotopic (exact) mass is 272 g/mol. The number of carbonyl (C=O) groups is 1. The highest BCUT2D eigenvalue weighted by Crippen LogP contribution is 2.24. The first-order valence-corrected chi connectivity index (χ1v) is 5.88. The number of hydrogen-bond acceptors (Lipinski definition) is 3. The topological polar surface area (TPSA) is 61.8 Å². The van der Waals surface area contributed by atoms with Gasteiger partial charge in [-0.2, -0.15) is 0 Å². The molecule has 0 fully saturated rings. The third-order valence-corrected chi connectivity index (χ3v) is 2.74. The van der Waals surface area contributed by atoms with E-state index in [-0.39, 0.29) is 12.6 Å². The molecule has 0 aliphatic carbocycles. The number of hydrogen-bond donors (Lipinski definition) is 2. The van der Waals surface area contributed by atoms with Gasteiger partial charge in [-0.3, -0.25) is 0 Å². The number of benzene rings is 1. The number of rotatable bonds is 5. The Balaban J connectivity index is 2.53. The van der Waals surface area contributed by atoms with Crippen LogP contribution in [0.4, 0.5) is 4.79 Å². The second kappa shape index (κ2) is 7.08. The van der Waals surface area contributed by atoms with E-state index in [0.29, 0.717) is 23.9 Å². The summed E-state index contributed by atoms with van der Waals surface area (Å²) in [7, 11) is 3.17. The summed E-state index contributed by atoms with van der Waals surface area (Å²) in [5, 5.41) is 11.9. The van der Waals surface area contributed by atoms with E-state index >= 15 is 0 Å². The maximum atomic E-state index is 11.6. The zero-order chi connectivity index (χ0) is 13.5. The number of halogens is 1. The molecule has 100 valence electrons. The standard InChI is InChI=1S/C12H17ClN2O3/c1-15(5-6-16)12(17)14-8-9-3-4-11(18-2)10(13)7-9/h3-4,7,16H,5-6,8H2,1-2H3,(H,14,17). The molecule has 0 saturated carbocycles. The summed E-state index contributed by atoms with van der Waals surface area (Å²) in [5.74, 6) is 0.601. The lowest BCUT2D eigenvalue weighted by Crippen LogP contribution is -2.38. The van der Waals surface area contributed by atoms with Gasteiger partial charge in [0.25, 0.3) is 0 Å². The first kappa shape index (κ1) is 14.6. The molecule has 0 spiro atoms. The molecule has 18 heavy (non-hydrogen) atoms. The molecule has 0 bridgehead atoms. The van der Waals surface area contributed by atoms with Crippen molar-refractivity contribution in [3.8, 4) is 5.75 Å². The molecule has 2 N–H and O–H groups in total. The Hall–Kier alpha value is -1.46. The normalized spacial score (nSPS) is 10.0. The summed E-state index contributed by atoms with van der Waals surface area (Å²) < 4.78 is 5.04. The quantitative estimate of drug-likeness (QED) is 0.854. The molecular formula is C12H17ClN2O3. The predicted molar refractivity (Wildman–Crippen MR) is 70.0 cm³/mol. The highest BCUT2D eigenvalue weighted by molar-refractivity contribution is 6.32. The van der Waals surface area contributed by atoms with Crippen molar-refractivity contribution in [2.45, 2.75) is 6.54 Å². The fourth-order valence-electron chi connectivity index (χ4n) is 1.38. The van der Waals surface area contributed by atoms with Gasteiger partial charge in [0, 0.05) is 20.1 Å². The van der Waals surface area contributed by atoms with Crippen molar-refractivity contribution in [1.82, 2.24) is 10.2 Å². The summed E-state index contributed by atoms with van der Waals surface area (Å²) in [5.41, 5.74) is 0.881. The van der Waals surface area contributed by atoms with Crippen molar-refractivity contribution in [2.24, 2.45) is 0 Å².